The first-order valence-electron chi connectivity index (χ1n) is 20.9. The largest absolute Gasteiger partial charge is 0.491 e. The van der Waals surface area contributed by atoms with Gasteiger partial charge in [-0.25, -0.2) is 9.78 Å². The quantitative estimate of drug-likeness (QED) is 0.120. The van der Waals surface area contributed by atoms with E-state index in [1.54, 1.807) is 12.1 Å². The molecule has 0 spiro atoms. The Hall–Kier alpha value is -4.34. The van der Waals surface area contributed by atoms with Crippen molar-refractivity contribution in [3.63, 3.8) is 0 Å². The Kier molecular flexibility index (Phi) is 13.8. The number of carboxylic acid groups (broad SMARTS) is 1. The van der Waals surface area contributed by atoms with Crippen molar-refractivity contribution in [2.24, 2.45) is 29.4 Å². The first-order chi connectivity index (χ1) is 28.1. The molecule has 5 aliphatic rings. The van der Waals surface area contributed by atoms with Crippen LogP contribution in [0.2, 0.25) is 5.02 Å². The number of morpholine rings is 1. The van der Waals surface area contributed by atoms with Gasteiger partial charge in [0.1, 0.15) is 52.9 Å². The predicted molar refractivity (Wildman–Crippen MR) is 214 cm³/mol. The molecule has 4 N–H and O–H groups in total. The third-order valence-corrected chi connectivity index (χ3v) is 12.4. The number of primary amides is 1. The van der Waals surface area contributed by atoms with Crippen LogP contribution in [-0.2, 0) is 23.9 Å². The third-order valence-electron chi connectivity index (χ3n) is 12.0. The van der Waals surface area contributed by atoms with Gasteiger partial charge >= 0.3 is 12.1 Å². The molecule has 1 aromatic heterocycles. The predicted octanol–water partition coefficient (Wildman–Crippen LogP) is 4.95. The van der Waals surface area contributed by atoms with Gasteiger partial charge in [-0.3, -0.25) is 19.3 Å². The topological polar surface area (TPSA) is 192 Å². The number of carboxylic acids is 1. The van der Waals surface area contributed by atoms with Crippen LogP contribution in [0.4, 0.5) is 4.79 Å². The summed E-state index contributed by atoms with van der Waals surface area (Å²) in [4.78, 5) is 59.8. The number of halogens is 1. The molecule has 1 aromatic carbocycles. The van der Waals surface area contributed by atoms with E-state index < -0.39 is 42.1 Å². The highest BCUT2D eigenvalue weighted by Crippen LogP contribution is 2.52. The molecule has 3 aliphatic carbocycles. The fourth-order valence-electron chi connectivity index (χ4n) is 8.61. The van der Waals surface area contributed by atoms with Crippen LogP contribution < -0.4 is 25.3 Å². The average Bonchev–Trinajstić information content (AvgIpc) is 4.06. The molecular weight excluding hydrogens is 770 g/mol. The Morgan fingerprint density at radius 1 is 1.03 bits per heavy atom. The van der Waals surface area contributed by atoms with Crippen molar-refractivity contribution < 1.29 is 48.0 Å². The number of hydrogen-bond acceptors (Lipinski definition) is 11. The number of unbranched alkanes of at least 4 members (excludes halogenated alkanes) is 3. The summed E-state index contributed by atoms with van der Waals surface area (Å²) in [6, 6.07) is 3.37. The maximum absolute atomic E-state index is 14.3. The first kappa shape index (κ1) is 41.8. The highest BCUT2D eigenvalue weighted by molar-refractivity contribution is 6.36. The number of aromatic nitrogens is 1. The van der Waals surface area contributed by atoms with Gasteiger partial charge in [0.2, 0.25) is 17.7 Å². The number of rotatable bonds is 20. The van der Waals surface area contributed by atoms with Gasteiger partial charge in [0, 0.05) is 37.5 Å². The Balaban J connectivity index is 1.01. The molecule has 0 radical (unpaired) electrons. The van der Waals surface area contributed by atoms with Crippen LogP contribution in [0.1, 0.15) is 71.1 Å². The van der Waals surface area contributed by atoms with Gasteiger partial charge in [-0.1, -0.05) is 36.6 Å². The molecule has 3 amide bonds. The van der Waals surface area contributed by atoms with Crippen LogP contribution >= 0.6 is 11.6 Å². The molecule has 5 fully saturated rings. The number of fused-ring (bicyclic) bond motifs is 2. The number of amides is 3. The van der Waals surface area contributed by atoms with Crippen LogP contribution in [0.25, 0.3) is 10.9 Å². The second-order valence-corrected chi connectivity index (χ2v) is 16.6. The number of likely N-dealkylation sites (tertiary alicyclic amines) is 1. The SMILES string of the molecule is CCOc1cc(O[C@@H]2C[C@@H](C(N)=O)N(C(=O)[C@H](CCCCC/C=C\[C@@H]3C[C@@H]3C(=O)O)NC(=O)O[C@@H]3C[C@@H]4C[C@@H]4C3)C2)c2ccc(OCCN3CCOCC3)c(Cl)c2n1. The first-order valence-corrected chi connectivity index (χ1v) is 21.3. The zero-order valence-electron chi connectivity index (χ0n) is 33.2. The Labute approximate surface area is 343 Å². The summed E-state index contributed by atoms with van der Waals surface area (Å²) in [5.74, 6) is 0.418. The van der Waals surface area contributed by atoms with Gasteiger partial charge < -0.3 is 44.7 Å². The molecule has 316 valence electrons. The van der Waals surface area contributed by atoms with Gasteiger partial charge in [0.05, 0.1) is 32.3 Å². The normalized spacial score (nSPS) is 26.9. The maximum atomic E-state index is 14.3. The lowest BCUT2D eigenvalue weighted by Gasteiger charge is -2.28. The van der Waals surface area contributed by atoms with Crippen molar-refractivity contribution in [2.75, 3.05) is 52.6 Å². The Morgan fingerprint density at radius 3 is 2.55 bits per heavy atom. The fourth-order valence-corrected chi connectivity index (χ4v) is 8.87. The number of hydrogen-bond donors (Lipinski definition) is 3. The fraction of sp³-hybridized carbons (Fsp3) is 0.643. The average molecular weight is 826 g/mol. The molecule has 2 aliphatic heterocycles. The van der Waals surface area contributed by atoms with Crippen molar-refractivity contribution in [2.45, 2.75) is 95.4 Å². The summed E-state index contributed by atoms with van der Waals surface area (Å²) in [5, 5.41) is 12.9. The van der Waals surface area contributed by atoms with E-state index in [-0.39, 0.29) is 30.9 Å². The minimum atomic E-state index is -0.962. The second kappa shape index (κ2) is 19.2. The number of nitrogens with one attached hydrogen (secondary N) is 1. The minimum Gasteiger partial charge on any atom is -0.491 e. The summed E-state index contributed by atoms with van der Waals surface area (Å²) in [7, 11) is 0. The monoisotopic (exact) mass is 825 g/mol. The molecule has 2 aromatic rings. The third kappa shape index (κ3) is 10.6. The van der Waals surface area contributed by atoms with Gasteiger partial charge in [-0.15, -0.1) is 0 Å². The number of nitrogens with two attached hydrogens (primary N) is 1. The molecule has 7 rings (SSSR count). The summed E-state index contributed by atoms with van der Waals surface area (Å²) < 4.78 is 29.6. The number of aliphatic carboxylic acids is 1. The van der Waals surface area contributed by atoms with Crippen LogP contribution in [0.5, 0.6) is 17.4 Å². The summed E-state index contributed by atoms with van der Waals surface area (Å²) in [6.07, 6.45) is 9.68. The smallest absolute Gasteiger partial charge is 0.408 e. The van der Waals surface area contributed by atoms with Gasteiger partial charge in [-0.05, 0) is 81.8 Å². The number of carbonyl (C=O) groups is 4. The molecule has 0 unspecified atom stereocenters. The Morgan fingerprint density at radius 2 is 1.83 bits per heavy atom. The molecule has 16 heteroatoms. The summed E-state index contributed by atoms with van der Waals surface area (Å²) >= 11 is 6.89. The van der Waals surface area contributed by atoms with Crippen molar-refractivity contribution in [3.8, 4) is 17.4 Å². The van der Waals surface area contributed by atoms with Gasteiger partial charge in [0.15, 0.2) is 0 Å². The molecule has 2 saturated heterocycles. The molecule has 15 nitrogen and oxygen atoms in total. The number of nitrogens with zero attached hydrogens (tertiary/aromatic N) is 3. The zero-order valence-corrected chi connectivity index (χ0v) is 33.9. The van der Waals surface area contributed by atoms with Crippen molar-refractivity contribution in [3.05, 3.63) is 35.4 Å². The highest BCUT2D eigenvalue weighted by atomic mass is 35.5. The lowest BCUT2D eigenvalue weighted by Crippen LogP contribution is -2.53. The maximum Gasteiger partial charge on any atom is 0.408 e. The number of benzene rings is 1. The number of alkyl carbamates (subject to hydrolysis) is 1. The van der Waals surface area contributed by atoms with E-state index in [9.17, 15) is 19.2 Å². The van der Waals surface area contributed by atoms with E-state index in [2.05, 4.69) is 15.2 Å². The van der Waals surface area contributed by atoms with E-state index in [1.165, 1.54) is 11.3 Å². The molecule has 58 heavy (non-hydrogen) atoms. The van der Waals surface area contributed by atoms with Crippen LogP contribution in [0.3, 0.4) is 0 Å². The number of allylic oxidation sites excluding steroid dienone is 2. The van der Waals surface area contributed by atoms with Crippen LogP contribution in [0, 0.1) is 23.7 Å². The van der Waals surface area contributed by atoms with Crippen LogP contribution in [-0.4, -0.2) is 121 Å². The lowest BCUT2D eigenvalue weighted by atomic mass is 10.0. The van der Waals surface area contributed by atoms with Crippen molar-refractivity contribution in [1.29, 1.82) is 0 Å². The molecular formula is C42H56ClN5O10. The number of ether oxygens (including phenoxy) is 5. The standard InChI is InChI=1S/C42H56ClN5O10/c1-2-55-36-23-35(30-10-11-34(37(43)38(30)46-36)56-17-14-47-12-15-54-16-13-47)57-29-22-33(39(44)49)48(24-29)40(50)32(45-42(53)58-28-19-26-18-27(26)20-28)9-7-5-3-4-6-8-25-21-31(25)41(51)52/h6,8,10-11,23,25-29,31-33H,2-5,7,9,12-22,24H2,1H3,(H2,44,49)(H,45,53)(H,51,52)/b8-6-/t25-,26-,27+,28+,29-,31+,32+,33+/m1/s1. The minimum absolute atomic E-state index is 0.0548. The van der Waals surface area contributed by atoms with Crippen molar-refractivity contribution >= 4 is 46.4 Å². The van der Waals surface area contributed by atoms with Gasteiger partial charge in [0.25, 0.3) is 0 Å². The van der Waals surface area contributed by atoms with E-state index in [0.717, 1.165) is 51.7 Å². The lowest BCUT2D eigenvalue weighted by molar-refractivity contribution is -0.139. The Bertz CT molecular complexity index is 1830. The summed E-state index contributed by atoms with van der Waals surface area (Å²) in [5.41, 5.74) is 6.33. The molecule has 8 atom stereocenters. The van der Waals surface area contributed by atoms with E-state index in [1.807, 2.05) is 25.1 Å². The van der Waals surface area contributed by atoms with E-state index in [0.29, 0.717) is 90.8 Å². The number of pyridine rings is 1. The van der Waals surface area contributed by atoms with Crippen LogP contribution in [0.15, 0.2) is 30.4 Å². The van der Waals surface area contributed by atoms with E-state index in [4.69, 9.17) is 46.1 Å². The number of carbonyl (C=O) groups excluding carboxylic acids is 3. The summed E-state index contributed by atoms with van der Waals surface area (Å²) in [6.45, 7) is 6.50. The molecule has 3 saturated carbocycles. The molecule has 3 heterocycles. The van der Waals surface area contributed by atoms with Gasteiger partial charge in [-0.2, -0.15) is 0 Å². The zero-order chi connectivity index (χ0) is 40.8. The highest BCUT2D eigenvalue weighted by Gasteiger charge is 2.48. The second-order valence-electron chi connectivity index (χ2n) is 16.2. The van der Waals surface area contributed by atoms with Crippen molar-refractivity contribution in [1.82, 2.24) is 20.1 Å². The molecule has 0 bridgehead atoms. The van der Waals surface area contributed by atoms with E-state index >= 15 is 0 Å².